The molecule has 4 rings (SSSR count). The highest BCUT2D eigenvalue weighted by Gasteiger charge is 2.27. The molecule has 3 heterocycles. The molecule has 1 aromatic carbocycles. The van der Waals surface area contributed by atoms with Gasteiger partial charge in [-0.1, -0.05) is 0 Å². The lowest BCUT2D eigenvalue weighted by Crippen LogP contribution is -2.46. The summed E-state index contributed by atoms with van der Waals surface area (Å²) in [5.41, 5.74) is 1.28. The minimum absolute atomic E-state index is 0.0565. The molecule has 35 heavy (non-hydrogen) atoms. The summed E-state index contributed by atoms with van der Waals surface area (Å²) >= 11 is 0. The number of anilines is 1. The zero-order chi connectivity index (χ0) is 24.8. The molecule has 0 spiro atoms. The fourth-order valence-corrected chi connectivity index (χ4v) is 4.25. The van der Waals surface area contributed by atoms with Crippen LogP contribution in [0.4, 0.5) is 5.69 Å². The summed E-state index contributed by atoms with van der Waals surface area (Å²) in [6.45, 7) is 3.62. The molecule has 0 unspecified atom stereocenters. The smallest absolute Gasteiger partial charge is 0.306 e. The van der Waals surface area contributed by atoms with Gasteiger partial charge in [-0.3, -0.25) is 19.5 Å². The van der Waals surface area contributed by atoms with Gasteiger partial charge >= 0.3 is 5.97 Å². The van der Waals surface area contributed by atoms with E-state index in [2.05, 4.69) is 14.8 Å². The van der Waals surface area contributed by atoms with E-state index >= 15 is 0 Å². The third-order valence-corrected chi connectivity index (χ3v) is 6.21. The number of pyridine rings is 1. The molecule has 0 saturated carbocycles. The van der Waals surface area contributed by atoms with Crippen LogP contribution >= 0.6 is 0 Å². The third kappa shape index (κ3) is 5.81. The van der Waals surface area contributed by atoms with Crippen molar-refractivity contribution in [1.29, 1.82) is 0 Å². The van der Waals surface area contributed by atoms with E-state index in [9.17, 15) is 14.7 Å². The summed E-state index contributed by atoms with van der Waals surface area (Å²) in [5.74, 6) is -0.337. The van der Waals surface area contributed by atoms with E-state index in [1.807, 2.05) is 24.3 Å². The summed E-state index contributed by atoms with van der Waals surface area (Å²) in [6, 6.07) is 12.7. The van der Waals surface area contributed by atoms with E-state index in [0.717, 1.165) is 37.6 Å². The van der Waals surface area contributed by atoms with E-state index in [1.54, 1.807) is 31.6 Å². The van der Waals surface area contributed by atoms with Crippen LogP contribution in [0, 0.1) is 0 Å². The monoisotopic (exact) mass is 479 g/mol. The van der Waals surface area contributed by atoms with Gasteiger partial charge in [0.25, 0.3) is 0 Å². The zero-order valence-electron chi connectivity index (χ0n) is 19.8. The minimum atomic E-state index is -0.676. The molecule has 9 nitrogen and oxygen atoms in total. The van der Waals surface area contributed by atoms with Gasteiger partial charge in [-0.2, -0.15) is 0 Å². The van der Waals surface area contributed by atoms with Gasteiger partial charge in [-0.15, -0.1) is 0 Å². The SMILES string of the molecule is COC(=O)C[C@@H](c1ccncc1)c1oc(CN2CCN(c3ccc(OC)cc3)CC2)cc(=O)c1O. The van der Waals surface area contributed by atoms with Crippen LogP contribution < -0.4 is 15.1 Å². The average molecular weight is 480 g/mol. The largest absolute Gasteiger partial charge is 0.502 e. The molecule has 3 aromatic rings. The molecule has 184 valence electrons. The highest BCUT2D eigenvalue weighted by molar-refractivity contribution is 5.71. The van der Waals surface area contributed by atoms with Crippen molar-refractivity contribution in [3.63, 3.8) is 0 Å². The highest BCUT2D eigenvalue weighted by Crippen LogP contribution is 2.33. The number of esters is 1. The molecule has 1 saturated heterocycles. The number of methoxy groups -OCH3 is 2. The second-order valence-electron chi connectivity index (χ2n) is 8.36. The summed E-state index contributed by atoms with van der Waals surface area (Å²) in [5, 5.41) is 10.5. The zero-order valence-corrected chi connectivity index (χ0v) is 19.8. The summed E-state index contributed by atoms with van der Waals surface area (Å²) in [4.78, 5) is 33.2. The number of hydrogen-bond acceptors (Lipinski definition) is 9. The third-order valence-electron chi connectivity index (χ3n) is 6.21. The fourth-order valence-electron chi connectivity index (χ4n) is 4.25. The molecule has 1 aliphatic heterocycles. The molecular weight excluding hydrogens is 450 g/mol. The maximum atomic E-state index is 12.6. The maximum Gasteiger partial charge on any atom is 0.306 e. The quantitative estimate of drug-likeness (QED) is 0.488. The van der Waals surface area contributed by atoms with Gasteiger partial charge in [0.05, 0.1) is 33.1 Å². The lowest BCUT2D eigenvalue weighted by molar-refractivity contribution is -0.140. The Balaban J connectivity index is 1.50. The Bertz CT molecular complexity index is 1190. The first-order chi connectivity index (χ1) is 17.0. The fraction of sp³-hybridized carbons (Fsp3) is 0.346. The molecule has 1 fully saturated rings. The van der Waals surface area contributed by atoms with Crippen molar-refractivity contribution in [3.8, 4) is 11.5 Å². The maximum absolute atomic E-state index is 12.6. The molecule has 1 atom stereocenters. The van der Waals surface area contributed by atoms with Gasteiger partial charge in [0.1, 0.15) is 11.5 Å². The van der Waals surface area contributed by atoms with Crippen molar-refractivity contribution in [2.45, 2.75) is 18.9 Å². The molecule has 0 bridgehead atoms. The number of rotatable bonds is 8. The Kier molecular flexibility index (Phi) is 7.67. The molecule has 9 heteroatoms. The predicted molar refractivity (Wildman–Crippen MR) is 130 cm³/mol. The summed E-state index contributed by atoms with van der Waals surface area (Å²) in [6.07, 6.45) is 3.09. The minimum Gasteiger partial charge on any atom is -0.502 e. The van der Waals surface area contributed by atoms with Crippen LogP contribution in [0.3, 0.4) is 0 Å². The van der Waals surface area contributed by atoms with Gasteiger partial charge in [-0.25, -0.2) is 0 Å². The van der Waals surface area contributed by atoms with Gasteiger partial charge < -0.3 is 23.9 Å². The van der Waals surface area contributed by atoms with Crippen molar-refractivity contribution in [2.75, 3.05) is 45.3 Å². The van der Waals surface area contributed by atoms with Crippen LogP contribution in [0.1, 0.15) is 29.4 Å². The number of nitrogens with zero attached hydrogens (tertiary/aromatic N) is 3. The predicted octanol–water partition coefficient (Wildman–Crippen LogP) is 2.77. The van der Waals surface area contributed by atoms with Crippen molar-refractivity contribution in [1.82, 2.24) is 9.88 Å². The number of aromatic nitrogens is 1. The highest BCUT2D eigenvalue weighted by atomic mass is 16.5. The standard InChI is InChI=1S/C26H29N3O6/c1-33-20-5-3-19(4-6-20)29-13-11-28(12-14-29)17-21-15-23(30)25(32)26(35-21)22(16-24(31)34-2)18-7-9-27-10-8-18/h3-10,15,22,32H,11-14,16-17H2,1-2H3/t22-/m0/s1. The lowest BCUT2D eigenvalue weighted by atomic mass is 9.93. The lowest BCUT2D eigenvalue weighted by Gasteiger charge is -2.36. The van der Waals surface area contributed by atoms with Gasteiger partial charge in [0, 0.05) is 50.3 Å². The molecule has 1 N–H and O–H groups in total. The Labute approximate surface area is 203 Å². The van der Waals surface area contributed by atoms with E-state index in [4.69, 9.17) is 13.9 Å². The van der Waals surface area contributed by atoms with Crippen molar-refractivity contribution < 1.29 is 23.8 Å². The summed E-state index contributed by atoms with van der Waals surface area (Å²) in [7, 11) is 2.94. The Morgan fingerprint density at radius 3 is 2.40 bits per heavy atom. The molecule has 0 amide bonds. The van der Waals surface area contributed by atoms with Gasteiger partial charge in [0.15, 0.2) is 5.76 Å². The van der Waals surface area contributed by atoms with Crippen LogP contribution in [-0.4, -0.2) is 61.4 Å². The van der Waals surface area contributed by atoms with E-state index in [-0.39, 0.29) is 12.2 Å². The Morgan fingerprint density at radius 2 is 1.77 bits per heavy atom. The normalized spacial score (nSPS) is 15.0. The van der Waals surface area contributed by atoms with E-state index in [1.165, 1.54) is 13.2 Å². The average Bonchev–Trinajstić information content (AvgIpc) is 2.90. The number of benzene rings is 1. The number of aromatic hydroxyl groups is 1. The molecule has 0 aliphatic carbocycles. The van der Waals surface area contributed by atoms with Crippen molar-refractivity contribution in [2.24, 2.45) is 0 Å². The van der Waals surface area contributed by atoms with Gasteiger partial charge in [-0.05, 0) is 42.0 Å². The number of carbonyl (C=O) groups excluding carboxylic acids is 1. The first kappa shape index (κ1) is 24.3. The molecular formula is C26H29N3O6. The Hall–Kier alpha value is -3.85. The van der Waals surface area contributed by atoms with Crippen molar-refractivity contribution >= 4 is 11.7 Å². The van der Waals surface area contributed by atoms with Crippen LogP contribution in [0.25, 0.3) is 0 Å². The number of piperazine rings is 1. The second kappa shape index (κ2) is 11.1. The van der Waals surface area contributed by atoms with E-state index < -0.39 is 23.1 Å². The van der Waals surface area contributed by atoms with Gasteiger partial charge in [0.2, 0.25) is 11.2 Å². The first-order valence-corrected chi connectivity index (χ1v) is 11.4. The number of carbonyl (C=O) groups is 1. The Morgan fingerprint density at radius 1 is 1.09 bits per heavy atom. The molecule has 2 aromatic heterocycles. The summed E-state index contributed by atoms with van der Waals surface area (Å²) < 4.78 is 16.1. The van der Waals surface area contributed by atoms with Crippen molar-refractivity contribution in [3.05, 3.63) is 82.2 Å². The number of hydrogen-bond donors (Lipinski definition) is 1. The second-order valence-corrected chi connectivity index (χ2v) is 8.36. The first-order valence-electron chi connectivity index (χ1n) is 11.4. The van der Waals surface area contributed by atoms with Crippen LogP contribution in [0.2, 0.25) is 0 Å². The van der Waals surface area contributed by atoms with Crippen LogP contribution in [-0.2, 0) is 16.1 Å². The van der Waals surface area contributed by atoms with Crippen LogP contribution in [0.15, 0.2) is 64.1 Å². The molecule has 0 radical (unpaired) electrons. The number of ether oxygens (including phenoxy) is 2. The molecule has 1 aliphatic rings. The topological polar surface area (TPSA) is 105 Å². The van der Waals surface area contributed by atoms with Crippen LogP contribution in [0.5, 0.6) is 11.5 Å². The van der Waals surface area contributed by atoms with E-state index in [0.29, 0.717) is 17.9 Å².